The first-order chi connectivity index (χ1) is 7.74. The largest absolute Gasteiger partial charge is 0.351 e. The number of rotatable bonds is 3. The van der Waals surface area contributed by atoms with E-state index in [4.69, 9.17) is 5.73 Å². The molecule has 0 saturated carbocycles. The number of carbonyl (C=O) groups is 1. The topological polar surface area (TPSA) is 122 Å². The molecule has 8 heteroatoms. The fraction of sp³-hybridized carbons (Fsp3) is 0. The van der Waals surface area contributed by atoms with Crippen molar-refractivity contribution in [1.29, 1.82) is 0 Å². The molecule has 16 heavy (non-hydrogen) atoms. The highest BCUT2D eigenvalue weighted by atomic mass is 16.2. The van der Waals surface area contributed by atoms with Crippen LogP contribution in [0.1, 0.15) is 0 Å². The number of hydrogen-bond acceptors (Lipinski definition) is 5. The Morgan fingerprint density at radius 2 is 2.19 bits per heavy atom. The van der Waals surface area contributed by atoms with Gasteiger partial charge in [0.1, 0.15) is 0 Å². The first kappa shape index (κ1) is 9.90. The Kier molecular flexibility index (Phi) is 2.63. The van der Waals surface area contributed by atoms with Gasteiger partial charge in [0, 0.05) is 11.4 Å². The number of anilines is 3. The normalized spacial score (nSPS) is 9.75. The van der Waals surface area contributed by atoms with Crippen molar-refractivity contribution < 1.29 is 4.79 Å². The summed E-state index contributed by atoms with van der Waals surface area (Å²) in [5, 5.41) is 18.4. The van der Waals surface area contributed by atoms with E-state index in [0.29, 0.717) is 11.6 Å². The van der Waals surface area contributed by atoms with Crippen LogP contribution in [-0.4, -0.2) is 26.7 Å². The zero-order chi connectivity index (χ0) is 11.4. The Hall–Kier alpha value is -2.64. The van der Waals surface area contributed by atoms with E-state index in [1.165, 1.54) is 0 Å². The van der Waals surface area contributed by atoms with Gasteiger partial charge in [-0.1, -0.05) is 11.2 Å². The predicted molar refractivity (Wildman–Crippen MR) is 57.1 cm³/mol. The number of benzene rings is 1. The van der Waals surface area contributed by atoms with Crippen LogP contribution in [0.25, 0.3) is 0 Å². The van der Waals surface area contributed by atoms with Gasteiger partial charge in [0.05, 0.1) is 0 Å². The Morgan fingerprint density at radius 3 is 2.88 bits per heavy atom. The van der Waals surface area contributed by atoms with Gasteiger partial charge in [-0.15, -0.1) is 0 Å². The molecule has 0 saturated heterocycles. The lowest BCUT2D eigenvalue weighted by molar-refractivity contribution is 0.259. The Labute approximate surface area is 90.2 Å². The molecule has 82 valence electrons. The standard InChI is InChI=1S/C8H9N7O/c9-7(16)10-5-2-1-3-6(4-5)11-8-12-14-15-13-8/h1-4H,(H3,9,10,16)(H2,11,12,13,14,15). The van der Waals surface area contributed by atoms with E-state index in [0.717, 1.165) is 5.69 Å². The molecule has 0 aliphatic carbocycles. The average Bonchev–Trinajstić information content (AvgIpc) is 2.70. The van der Waals surface area contributed by atoms with Crippen molar-refractivity contribution >= 4 is 23.4 Å². The lowest BCUT2D eigenvalue weighted by atomic mass is 10.3. The van der Waals surface area contributed by atoms with Gasteiger partial charge < -0.3 is 16.4 Å². The summed E-state index contributed by atoms with van der Waals surface area (Å²) >= 11 is 0. The van der Waals surface area contributed by atoms with Crippen LogP contribution in [0.15, 0.2) is 24.3 Å². The minimum Gasteiger partial charge on any atom is -0.351 e. The number of aromatic nitrogens is 4. The number of urea groups is 1. The van der Waals surface area contributed by atoms with Crippen LogP contribution in [-0.2, 0) is 0 Å². The fourth-order valence-electron chi connectivity index (χ4n) is 1.17. The monoisotopic (exact) mass is 219 g/mol. The van der Waals surface area contributed by atoms with Crippen molar-refractivity contribution in [2.24, 2.45) is 5.73 Å². The first-order valence-corrected chi connectivity index (χ1v) is 4.41. The molecule has 8 nitrogen and oxygen atoms in total. The maximum atomic E-state index is 10.6. The quantitative estimate of drug-likeness (QED) is 0.596. The lowest BCUT2D eigenvalue weighted by Gasteiger charge is -2.05. The third-order valence-corrected chi connectivity index (χ3v) is 1.74. The smallest absolute Gasteiger partial charge is 0.316 e. The molecule has 0 unspecified atom stereocenters. The molecule has 2 aromatic rings. The summed E-state index contributed by atoms with van der Waals surface area (Å²) in [6, 6.07) is 6.37. The maximum absolute atomic E-state index is 10.6. The summed E-state index contributed by atoms with van der Waals surface area (Å²) in [5.74, 6) is 0.413. The summed E-state index contributed by atoms with van der Waals surface area (Å²) < 4.78 is 0. The minimum atomic E-state index is -0.613. The Bertz CT molecular complexity index is 481. The molecule has 1 heterocycles. The third-order valence-electron chi connectivity index (χ3n) is 1.74. The van der Waals surface area contributed by atoms with Gasteiger partial charge >= 0.3 is 6.03 Å². The van der Waals surface area contributed by atoms with Crippen LogP contribution in [0, 0.1) is 0 Å². The first-order valence-electron chi connectivity index (χ1n) is 4.41. The fourth-order valence-corrected chi connectivity index (χ4v) is 1.17. The van der Waals surface area contributed by atoms with Crippen LogP contribution in [0.2, 0.25) is 0 Å². The molecule has 0 aliphatic rings. The number of carbonyl (C=O) groups excluding carboxylic acids is 1. The van der Waals surface area contributed by atoms with Gasteiger partial charge in [0.2, 0.25) is 5.95 Å². The van der Waals surface area contributed by atoms with Crippen molar-refractivity contribution in [1.82, 2.24) is 20.6 Å². The van der Waals surface area contributed by atoms with Gasteiger partial charge in [0.25, 0.3) is 0 Å². The molecule has 0 fully saturated rings. The van der Waals surface area contributed by atoms with Crippen LogP contribution in [0.4, 0.5) is 22.1 Å². The zero-order valence-electron chi connectivity index (χ0n) is 8.14. The zero-order valence-corrected chi connectivity index (χ0v) is 8.14. The van der Waals surface area contributed by atoms with Crippen LogP contribution in [0.5, 0.6) is 0 Å². The summed E-state index contributed by atoms with van der Waals surface area (Å²) in [6.45, 7) is 0. The number of hydrogen-bond donors (Lipinski definition) is 4. The number of nitrogens with one attached hydrogen (secondary N) is 3. The van der Waals surface area contributed by atoms with E-state index >= 15 is 0 Å². The average molecular weight is 219 g/mol. The van der Waals surface area contributed by atoms with Gasteiger partial charge in [-0.05, 0) is 28.6 Å². The Morgan fingerprint density at radius 1 is 1.38 bits per heavy atom. The third kappa shape index (κ3) is 2.44. The second-order valence-electron chi connectivity index (χ2n) is 2.94. The molecule has 0 spiro atoms. The SMILES string of the molecule is NC(=O)Nc1cccc(Nc2nnn[nH]2)c1. The molecule has 1 aromatic heterocycles. The van der Waals surface area contributed by atoms with E-state index in [-0.39, 0.29) is 0 Å². The van der Waals surface area contributed by atoms with Gasteiger partial charge in [-0.2, -0.15) is 0 Å². The molecular formula is C8H9N7O. The van der Waals surface area contributed by atoms with Crippen molar-refractivity contribution in [2.45, 2.75) is 0 Å². The highest BCUT2D eigenvalue weighted by Gasteiger charge is 2.00. The van der Waals surface area contributed by atoms with Gasteiger partial charge in [0.15, 0.2) is 0 Å². The van der Waals surface area contributed by atoms with Gasteiger partial charge in [-0.25, -0.2) is 9.89 Å². The molecule has 0 aliphatic heterocycles. The number of nitrogens with zero attached hydrogens (tertiary/aromatic N) is 3. The second-order valence-corrected chi connectivity index (χ2v) is 2.94. The van der Waals surface area contributed by atoms with E-state index < -0.39 is 6.03 Å². The highest BCUT2D eigenvalue weighted by molar-refractivity contribution is 5.88. The van der Waals surface area contributed by atoms with Crippen molar-refractivity contribution in [3.63, 3.8) is 0 Å². The molecule has 0 radical (unpaired) electrons. The van der Waals surface area contributed by atoms with Crippen molar-refractivity contribution in [2.75, 3.05) is 10.6 Å². The highest BCUT2D eigenvalue weighted by Crippen LogP contribution is 2.17. The summed E-state index contributed by atoms with van der Waals surface area (Å²) in [4.78, 5) is 10.6. The molecule has 1 aromatic carbocycles. The number of amides is 2. The van der Waals surface area contributed by atoms with Crippen molar-refractivity contribution in [3.05, 3.63) is 24.3 Å². The van der Waals surface area contributed by atoms with Crippen LogP contribution < -0.4 is 16.4 Å². The second kappa shape index (κ2) is 4.26. The molecule has 0 bridgehead atoms. The van der Waals surface area contributed by atoms with Crippen LogP contribution >= 0.6 is 0 Å². The Balaban J connectivity index is 2.13. The molecule has 2 amide bonds. The predicted octanol–water partition coefficient (Wildman–Crippen LogP) is 0.434. The van der Waals surface area contributed by atoms with E-state index in [9.17, 15) is 4.79 Å². The minimum absolute atomic E-state index is 0.413. The van der Waals surface area contributed by atoms with Crippen LogP contribution in [0.3, 0.4) is 0 Å². The number of H-pyrrole nitrogens is 1. The number of tetrazole rings is 1. The van der Waals surface area contributed by atoms with E-state index in [1.807, 2.05) is 0 Å². The summed E-state index contributed by atoms with van der Waals surface area (Å²) in [6.07, 6.45) is 0. The van der Waals surface area contributed by atoms with E-state index in [2.05, 4.69) is 31.3 Å². The molecule has 5 N–H and O–H groups in total. The molecular weight excluding hydrogens is 210 g/mol. The van der Waals surface area contributed by atoms with Gasteiger partial charge in [-0.3, -0.25) is 0 Å². The van der Waals surface area contributed by atoms with Crippen molar-refractivity contribution in [3.8, 4) is 0 Å². The van der Waals surface area contributed by atoms with E-state index in [1.54, 1.807) is 24.3 Å². The summed E-state index contributed by atoms with van der Waals surface area (Å²) in [5.41, 5.74) is 6.32. The number of nitrogens with two attached hydrogens (primary N) is 1. The molecule has 0 atom stereocenters. The number of aromatic amines is 1. The maximum Gasteiger partial charge on any atom is 0.316 e. The molecule has 2 rings (SSSR count). The number of primary amides is 1. The lowest BCUT2D eigenvalue weighted by Crippen LogP contribution is -2.19. The summed E-state index contributed by atoms with van der Waals surface area (Å²) in [7, 11) is 0.